The zero-order valence-electron chi connectivity index (χ0n) is 29.1. The van der Waals surface area contributed by atoms with E-state index < -0.39 is 25.7 Å². The second-order valence-electron chi connectivity index (χ2n) is 14.2. The quantitative estimate of drug-likeness (QED) is 0.116. The normalized spacial score (nSPS) is 13.8. The van der Waals surface area contributed by atoms with Crippen molar-refractivity contribution in [3.05, 3.63) is 114 Å². The molecule has 8 heteroatoms. The van der Waals surface area contributed by atoms with Gasteiger partial charge in [-0.3, -0.25) is 5.32 Å². The van der Waals surface area contributed by atoms with E-state index in [2.05, 4.69) is 90.5 Å². The summed E-state index contributed by atoms with van der Waals surface area (Å²) in [7, 11) is 4.37. The Hall–Kier alpha value is -4.24. The van der Waals surface area contributed by atoms with Crippen molar-refractivity contribution in [2.75, 3.05) is 39.7 Å². The van der Waals surface area contributed by atoms with E-state index >= 15 is 0 Å². The number of hydrogen-bond donors (Lipinski definition) is 2. The first-order chi connectivity index (χ1) is 23.0. The number of fused-ring (bicyclic) bond motifs is 2. The molecule has 2 atom stereocenters. The molecule has 5 rings (SSSR count). The van der Waals surface area contributed by atoms with Gasteiger partial charge in [-0.1, -0.05) is 92.4 Å². The number of aliphatic hydroxyl groups is 1. The average molecular weight is 664 g/mol. The van der Waals surface area contributed by atoms with Gasteiger partial charge in [-0.05, 0) is 85.6 Å². The number of benzene rings is 4. The summed E-state index contributed by atoms with van der Waals surface area (Å²) >= 11 is 0. The van der Waals surface area contributed by atoms with Crippen LogP contribution in [0.2, 0.25) is 25.7 Å². The minimum atomic E-state index is -1.32. The fourth-order valence-corrected chi connectivity index (χ4v) is 7.06. The van der Waals surface area contributed by atoms with Crippen molar-refractivity contribution in [2.45, 2.75) is 56.5 Å². The lowest BCUT2D eigenvalue weighted by molar-refractivity contribution is 0.000845. The third-order valence-corrected chi connectivity index (χ3v) is 10.7. The van der Waals surface area contributed by atoms with Gasteiger partial charge in [0.05, 0.1) is 24.8 Å². The summed E-state index contributed by atoms with van der Waals surface area (Å²) in [6.07, 6.45) is 1.30. The molecule has 0 aliphatic rings. The van der Waals surface area contributed by atoms with E-state index in [4.69, 9.17) is 14.5 Å². The van der Waals surface area contributed by atoms with Gasteiger partial charge in [0, 0.05) is 37.2 Å². The van der Waals surface area contributed by atoms with Crippen LogP contribution < -0.4 is 10.1 Å². The highest BCUT2D eigenvalue weighted by atomic mass is 28.3. The maximum Gasteiger partial charge on any atom is 0.411 e. The van der Waals surface area contributed by atoms with E-state index in [1.165, 1.54) is 16.3 Å². The fraction of sp³-hybridized carbons (Fsp3) is 0.350. The molecule has 5 aromatic rings. The van der Waals surface area contributed by atoms with Gasteiger partial charge >= 0.3 is 6.09 Å². The molecule has 0 aliphatic heterocycles. The number of pyridine rings is 1. The Labute approximate surface area is 285 Å². The number of nitrogens with zero attached hydrogens (tertiary/aromatic N) is 2. The number of aryl methyl sites for hydroxylation is 1. The van der Waals surface area contributed by atoms with E-state index in [0.717, 1.165) is 28.1 Å². The number of nitrogens with one attached hydrogen (secondary N) is 1. The van der Waals surface area contributed by atoms with E-state index in [9.17, 15) is 9.90 Å². The summed E-state index contributed by atoms with van der Waals surface area (Å²) in [5.74, 6) is 0.0277. The number of amides is 1. The molecular weight excluding hydrogens is 615 g/mol. The first-order valence-electron chi connectivity index (χ1n) is 16.8. The zero-order chi connectivity index (χ0) is 34.3. The first-order valence-corrected chi connectivity index (χ1v) is 20.5. The molecule has 1 heterocycles. The lowest BCUT2D eigenvalue weighted by Gasteiger charge is -2.38. The summed E-state index contributed by atoms with van der Waals surface area (Å²) < 4.78 is 11.4. The van der Waals surface area contributed by atoms with Crippen LogP contribution in [0.5, 0.6) is 5.88 Å². The number of anilines is 1. The minimum Gasteiger partial charge on any atom is -0.481 e. The highest BCUT2D eigenvalue weighted by Crippen LogP contribution is 2.44. The average Bonchev–Trinajstić information content (AvgIpc) is 3.06. The van der Waals surface area contributed by atoms with Gasteiger partial charge < -0.3 is 19.5 Å². The number of methoxy groups -OCH3 is 1. The first kappa shape index (κ1) is 35.1. The number of ether oxygens (including phenoxy) is 2. The molecule has 2 unspecified atom stereocenters. The number of carbonyl (C=O) groups excluding carboxylic acids is 1. The Kier molecular flexibility index (Phi) is 11.2. The van der Waals surface area contributed by atoms with Crippen molar-refractivity contribution in [3.63, 3.8) is 0 Å². The van der Waals surface area contributed by atoms with E-state index in [-0.39, 0.29) is 0 Å². The van der Waals surface area contributed by atoms with Crippen molar-refractivity contribution in [1.29, 1.82) is 0 Å². The predicted octanol–water partition coefficient (Wildman–Crippen LogP) is 8.73. The van der Waals surface area contributed by atoms with Crippen LogP contribution in [0, 0.1) is 0 Å². The van der Waals surface area contributed by atoms with Gasteiger partial charge in [0.1, 0.15) is 0 Å². The van der Waals surface area contributed by atoms with Crippen LogP contribution in [0.1, 0.15) is 35.4 Å². The Bertz CT molecular complexity index is 1830. The van der Waals surface area contributed by atoms with E-state index in [1.807, 2.05) is 50.5 Å². The van der Waals surface area contributed by atoms with Crippen molar-refractivity contribution >= 4 is 41.5 Å². The smallest absolute Gasteiger partial charge is 0.411 e. The van der Waals surface area contributed by atoms with Gasteiger partial charge in [-0.25, -0.2) is 9.78 Å². The third-order valence-electron chi connectivity index (χ3n) is 9.01. The van der Waals surface area contributed by atoms with Gasteiger partial charge in [-0.2, -0.15) is 0 Å². The highest BCUT2D eigenvalue weighted by Gasteiger charge is 2.40. The number of aromatic nitrogens is 1. The molecule has 0 saturated heterocycles. The summed E-state index contributed by atoms with van der Waals surface area (Å²) in [5.41, 5.74) is 3.18. The van der Waals surface area contributed by atoms with E-state index in [0.29, 0.717) is 44.0 Å². The van der Waals surface area contributed by atoms with Crippen molar-refractivity contribution in [3.8, 4) is 5.88 Å². The van der Waals surface area contributed by atoms with Crippen molar-refractivity contribution < 1.29 is 19.4 Å². The standard InChI is InChI=1S/C40H49N3O4Si/c1-43(2)24-23-40(45,22-21-30-17-12-16-29-13-10-11-18-34(29)30)37(31-14-8-7-9-15-31)35-28-32-27-33(19-20-36(32)42-38(35)46-3)41-39(44)47-25-26-48(4,5)6/h7-20,27-28,37,45H,21-26H2,1-6H3,(H,41,44). The van der Waals surface area contributed by atoms with Crippen molar-refractivity contribution in [1.82, 2.24) is 9.88 Å². The molecule has 48 heavy (non-hydrogen) atoms. The molecule has 1 aromatic heterocycles. The second kappa shape index (κ2) is 15.3. The number of hydrogen-bond acceptors (Lipinski definition) is 6. The maximum absolute atomic E-state index is 13.0. The molecule has 0 fully saturated rings. The number of carbonyl (C=O) groups is 1. The summed E-state index contributed by atoms with van der Waals surface area (Å²) in [6.45, 7) is 7.87. The molecule has 4 aromatic carbocycles. The molecule has 0 radical (unpaired) electrons. The van der Waals surface area contributed by atoms with Gasteiger partial charge in [0.25, 0.3) is 0 Å². The summed E-state index contributed by atoms with van der Waals surface area (Å²) in [5, 5.41) is 19.1. The van der Waals surface area contributed by atoms with Crippen LogP contribution in [0.4, 0.5) is 10.5 Å². The topological polar surface area (TPSA) is 83.9 Å². The highest BCUT2D eigenvalue weighted by molar-refractivity contribution is 6.76. The van der Waals surface area contributed by atoms with Gasteiger partial charge in [0.2, 0.25) is 5.88 Å². The Morgan fingerprint density at radius 3 is 2.38 bits per heavy atom. The minimum absolute atomic E-state index is 0.404. The molecule has 0 saturated carbocycles. The van der Waals surface area contributed by atoms with E-state index in [1.54, 1.807) is 7.11 Å². The molecule has 0 aliphatic carbocycles. The maximum atomic E-state index is 13.0. The lowest BCUT2D eigenvalue weighted by Crippen LogP contribution is -2.40. The Balaban J connectivity index is 1.55. The fourth-order valence-electron chi connectivity index (χ4n) is 6.34. The van der Waals surface area contributed by atoms with Crippen LogP contribution in [-0.2, 0) is 11.2 Å². The van der Waals surface area contributed by atoms with Crippen LogP contribution in [-0.4, -0.2) is 69.1 Å². The molecule has 0 spiro atoms. The second-order valence-corrected chi connectivity index (χ2v) is 19.8. The predicted molar refractivity (Wildman–Crippen MR) is 200 cm³/mol. The van der Waals surface area contributed by atoms with Crippen LogP contribution >= 0.6 is 0 Å². The molecule has 7 nitrogen and oxygen atoms in total. The summed E-state index contributed by atoms with van der Waals surface area (Å²) in [4.78, 5) is 19.7. The molecule has 1 amide bonds. The molecule has 0 bridgehead atoms. The monoisotopic (exact) mass is 663 g/mol. The van der Waals surface area contributed by atoms with Crippen molar-refractivity contribution in [2.24, 2.45) is 0 Å². The molecular formula is C40H49N3O4Si. The third kappa shape index (κ3) is 8.80. The SMILES string of the molecule is COc1nc2ccc(NC(=O)OCC[Si](C)(C)C)cc2cc1C(c1ccccc1)C(O)(CCc1cccc2ccccc12)CCN(C)C. The lowest BCUT2D eigenvalue weighted by atomic mass is 9.72. The van der Waals surface area contributed by atoms with Crippen LogP contribution in [0.25, 0.3) is 21.7 Å². The molecule has 252 valence electrons. The van der Waals surface area contributed by atoms with Crippen LogP contribution in [0.3, 0.4) is 0 Å². The largest absolute Gasteiger partial charge is 0.481 e. The Morgan fingerprint density at radius 1 is 0.917 bits per heavy atom. The van der Waals surface area contributed by atoms with Gasteiger partial charge in [-0.15, -0.1) is 0 Å². The van der Waals surface area contributed by atoms with Crippen LogP contribution in [0.15, 0.2) is 97.1 Å². The summed E-state index contributed by atoms with van der Waals surface area (Å²) in [6, 6.07) is 33.5. The van der Waals surface area contributed by atoms with Gasteiger partial charge in [0.15, 0.2) is 0 Å². The number of rotatable bonds is 14. The zero-order valence-corrected chi connectivity index (χ0v) is 30.1. The molecule has 2 N–H and O–H groups in total. The Morgan fingerprint density at radius 2 is 1.65 bits per heavy atom.